The fraction of sp³-hybridized carbons (Fsp3) is 1.00. The Hall–Kier alpha value is -0.400. The molecule has 0 aliphatic heterocycles. The first-order chi connectivity index (χ1) is 6.82. The second kappa shape index (κ2) is 3.08. The lowest BCUT2D eigenvalue weighted by Gasteiger charge is -2.55. The minimum atomic E-state index is -4.33. The van der Waals surface area contributed by atoms with E-state index in [0.29, 0.717) is 0 Å². The number of hydrogen-bond acceptors (Lipinski definition) is 10. The van der Waals surface area contributed by atoms with Gasteiger partial charge in [0.1, 0.15) is 12.2 Å². The van der Waals surface area contributed by atoms with E-state index in [4.69, 9.17) is 51.1 Å². The van der Waals surface area contributed by atoms with Crippen LogP contribution < -0.4 is 0 Å². The van der Waals surface area contributed by atoms with Gasteiger partial charge < -0.3 is 51.1 Å². The molecule has 0 heterocycles. The number of rotatable bonds is 0. The van der Waals surface area contributed by atoms with Crippen LogP contribution in [0.4, 0.5) is 0 Å². The summed E-state index contributed by atoms with van der Waals surface area (Å²) in [4.78, 5) is 0. The van der Waals surface area contributed by atoms with Gasteiger partial charge in [-0.25, -0.2) is 0 Å². The van der Waals surface area contributed by atoms with Gasteiger partial charge in [0.15, 0.2) is 0 Å². The van der Waals surface area contributed by atoms with Crippen molar-refractivity contribution in [2.45, 2.75) is 35.4 Å². The molecular formula is C6H12O10. The highest BCUT2D eigenvalue weighted by Gasteiger charge is 2.80. The fourth-order valence-corrected chi connectivity index (χ4v) is 1.37. The number of aliphatic hydroxyl groups is 10. The van der Waals surface area contributed by atoms with Gasteiger partial charge in [0.2, 0.25) is 0 Å². The Balaban J connectivity index is 3.42. The molecule has 10 heteroatoms. The number of hydrogen-bond donors (Lipinski definition) is 10. The van der Waals surface area contributed by atoms with Crippen LogP contribution in [0.15, 0.2) is 0 Å². The molecule has 0 amide bonds. The minimum Gasteiger partial charge on any atom is -0.384 e. The Morgan fingerprint density at radius 1 is 0.500 bits per heavy atom. The van der Waals surface area contributed by atoms with E-state index in [2.05, 4.69) is 0 Å². The highest BCUT2D eigenvalue weighted by Crippen LogP contribution is 2.44. The van der Waals surface area contributed by atoms with E-state index < -0.39 is 35.4 Å². The highest BCUT2D eigenvalue weighted by molar-refractivity contribution is 5.13. The Morgan fingerprint density at radius 3 is 0.875 bits per heavy atom. The van der Waals surface area contributed by atoms with Crippen molar-refractivity contribution >= 4 is 0 Å². The summed E-state index contributed by atoms with van der Waals surface area (Å²) < 4.78 is 0. The Morgan fingerprint density at radius 2 is 0.688 bits per heavy atom. The third-order valence-electron chi connectivity index (χ3n) is 2.64. The molecule has 10 nitrogen and oxygen atoms in total. The van der Waals surface area contributed by atoms with Crippen molar-refractivity contribution in [3.8, 4) is 0 Å². The van der Waals surface area contributed by atoms with Crippen LogP contribution in [0.2, 0.25) is 0 Å². The molecule has 1 fully saturated rings. The van der Waals surface area contributed by atoms with Crippen molar-refractivity contribution in [1.82, 2.24) is 0 Å². The summed E-state index contributed by atoms with van der Waals surface area (Å²) >= 11 is 0. The fourth-order valence-electron chi connectivity index (χ4n) is 1.37. The normalized spacial score (nSPS) is 39.4. The monoisotopic (exact) mass is 244 g/mol. The third-order valence-corrected chi connectivity index (χ3v) is 2.64. The second-order valence-corrected chi connectivity index (χ2v) is 3.69. The molecule has 1 aliphatic rings. The topological polar surface area (TPSA) is 202 Å². The SMILES string of the molecule is O[C@@H]1[C@H](O)C(O)(O)C(O)(O)C(O)(O)C1(O)O. The van der Waals surface area contributed by atoms with Gasteiger partial charge in [-0.05, 0) is 0 Å². The molecular weight excluding hydrogens is 232 g/mol. The van der Waals surface area contributed by atoms with E-state index in [9.17, 15) is 0 Å². The maximum atomic E-state index is 9.02. The van der Waals surface area contributed by atoms with Crippen LogP contribution in [0.25, 0.3) is 0 Å². The van der Waals surface area contributed by atoms with E-state index >= 15 is 0 Å². The first-order valence-corrected chi connectivity index (χ1v) is 3.97. The first-order valence-electron chi connectivity index (χ1n) is 3.97. The van der Waals surface area contributed by atoms with Crippen LogP contribution >= 0.6 is 0 Å². The van der Waals surface area contributed by atoms with Gasteiger partial charge in [-0.2, -0.15) is 0 Å². The third kappa shape index (κ3) is 1.19. The molecule has 0 bridgehead atoms. The molecule has 0 radical (unpaired) electrons. The Labute approximate surface area is 87.5 Å². The molecule has 96 valence electrons. The molecule has 0 aromatic heterocycles. The lowest BCUT2D eigenvalue weighted by molar-refractivity contribution is -0.554. The molecule has 16 heavy (non-hydrogen) atoms. The molecule has 2 atom stereocenters. The second-order valence-electron chi connectivity index (χ2n) is 3.69. The van der Waals surface area contributed by atoms with Gasteiger partial charge in [-0.3, -0.25) is 0 Å². The first kappa shape index (κ1) is 13.7. The summed E-state index contributed by atoms with van der Waals surface area (Å²) in [5, 5.41) is 90.1. The van der Waals surface area contributed by atoms with E-state index in [1.807, 2.05) is 0 Å². The van der Waals surface area contributed by atoms with Crippen molar-refractivity contribution < 1.29 is 51.1 Å². The largest absolute Gasteiger partial charge is 0.384 e. The van der Waals surface area contributed by atoms with Gasteiger partial charge in [0.25, 0.3) is 23.1 Å². The molecule has 1 aliphatic carbocycles. The van der Waals surface area contributed by atoms with Crippen LogP contribution in [-0.2, 0) is 0 Å². The maximum absolute atomic E-state index is 9.02. The summed E-state index contributed by atoms with van der Waals surface area (Å²) in [5.74, 6) is -16.7. The lowest BCUT2D eigenvalue weighted by atomic mass is 9.74. The van der Waals surface area contributed by atoms with Crippen molar-refractivity contribution in [2.24, 2.45) is 0 Å². The zero-order chi connectivity index (χ0) is 13.2. The maximum Gasteiger partial charge on any atom is 0.282 e. The van der Waals surface area contributed by atoms with Crippen molar-refractivity contribution in [2.75, 3.05) is 0 Å². The smallest absolute Gasteiger partial charge is 0.282 e. The minimum absolute atomic E-state index is 2.88. The molecule has 0 saturated heterocycles. The van der Waals surface area contributed by atoms with Gasteiger partial charge in [-0.1, -0.05) is 0 Å². The van der Waals surface area contributed by atoms with Crippen molar-refractivity contribution in [3.63, 3.8) is 0 Å². The average molecular weight is 244 g/mol. The summed E-state index contributed by atoms with van der Waals surface area (Å²) in [6.07, 6.45) is -5.77. The van der Waals surface area contributed by atoms with Crippen molar-refractivity contribution in [1.29, 1.82) is 0 Å². The lowest BCUT2D eigenvalue weighted by Crippen LogP contribution is -2.87. The average Bonchev–Trinajstić information content (AvgIpc) is 2.12. The van der Waals surface area contributed by atoms with Crippen LogP contribution in [0, 0.1) is 0 Å². The van der Waals surface area contributed by atoms with Gasteiger partial charge in [0, 0.05) is 0 Å². The summed E-state index contributed by atoms with van der Waals surface area (Å²) in [6, 6.07) is 0. The van der Waals surface area contributed by atoms with Gasteiger partial charge >= 0.3 is 0 Å². The summed E-state index contributed by atoms with van der Waals surface area (Å²) in [6.45, 7) is 0. The molecule has 0 unspecified atom stereocenters. The van der Waals surface area contributed by atoms with Crippen molar-refractivity contribution in [3.05, 3.63) is 0 Å². The van der Waals surface area contributed by atoms with Crippen LogP contribution in [0.3, 0.4) is 0 Å². The molecule has 0 spiro atoms. The van der Waals surface area contributed by atoms with E-state index in [1.165, 1.54) is 0 Å². The summed E-state index contributed by atoms with van der Waals surface area (Å²) in [5.41, 5.74) is 0. The quantitative estimate of drug-likeness (QED) is 0.182. The van der Waals surface area contributed by atoms with Gasteiger partial charge in [0.05, 0.1) is 0 Å². The molecule has 0 aromatic rings. The zero-order valence-corrected chi connectivity index (χ0v) is 7.63. The standard InChI is InChI=1S/C6H12O10/c7-1-2(8)4(11,12)6(15,16)5(13,14)3(1,9)10/h1-2,7-16H/t1-,2+. The Bertz CT molecular complexity index is 264. The molecule has 0 aromatic carbocycles. The predicted molar refractivity (Wildman–Crippen MR) is 40.7 cm³/mol. The van der Waals surface area contributed by atoms with Crippen LogP contribution in [0.5, 0.6) is 0 Å². The molecule has 10 N–H and O–H groups in total. The van der Waals surface area contributed by atoms with Crippen LogP contribution in [-0.4, -0.2) is 86.4 Å². The highest BCUT2D eigenvalue weighted by atomic mass is 16.7. The van der Waals surface area contributed by atoms with Gasteiger partial charge in [-0.15, -0.1) is 0 Å². The van der Waals surface area contributed by atoms with E-state index in [0.717, 1.165) is 0 Å². The molecule has 1 saturated carbocycles. The van der Waals surface area contributed by atoms with E-state index in [-0.39, 0.29) is 0 Å². The van der Waals surface area contributed by atoms with Crippen LogP contribution in [0.1, 0.15) is 0 Å². The summed E-state index contributed by atoms with van der Waals surface area (Å²) in [7, 11) is 0. The zero-order valence-electron chi connectivity index (χ0n) is 7.63. The number of aliphatic hydroxyl groups excluding tert-OH is 2. The predicted octanol–water partition coefficient (Wildman–Crippen LogP) is -6.55. The Kier molecular flexibility index (Phi) is 2.63. The molecule has 1 rings (SSSR count). The van der Waals surface area contributed by atoms with E-state index in [1.54, 1.807) is 0 Å².